The molecular formula is C16H23NO3. The molecule has 0 aromatic heterocycles. The minimum Gasteiger partial charge on any atom is -0.493 e. The lowest BCUT2D eigenvalue weighted by Crippen LogP contribution is -2.53. The van der Waals surface area contributed by atoms with Crippen molar-refractivity contribution >= 4 is 5.97 Å². The van der Waals surface area contributed by atoms with Crippen LogP contribution in [0.2, 0.25) is 0 Å². The third kappa shape index (κ3) is 2.80. The Kier molecular flexibility index (Phi) is 4.65. The highest BCUT2D eigenvalue weighted by Crippen LogP contribution is 2.38. The molecular weight excluding hydrogens is 254 g/mol. The first kappa shape index (κ1) is 14.9. The van der Waals surface area contributed by atoms with E-state index in [0.717, 1.165) is 17.9 Å². The number of carbonyl (C=O) groups is 1. The Labute approximate surface area is 120 Å². The van der Waals surface area contributed by atoms with E-state index in [2.05, 4.69) is 19.2 Å². The molecule has 110 valence electrons. The number of carbonyl (C=O) groups excluding carboxylic acids is 1. The lowest BCUT2D eigenvalue weighted by Gasteiger charge is -2.37. The summed E-state index contributed by atoms with van der Waals surface area (Å²) in [5.74, 6) is 1.01. The van der Waals surface area contributed by atoms with Crippen LogP contribution < -0.4 is 10.1 Å². The van der Waals surface area contributed by atoms with Crippen molar-refractivity contribution in [1.29, 1.82) is 0 Å². The summed E-state index contributed by atoms with van der Waals surface area (Å²) in [4.78, 5) is 12.6. The first-order valence-electron chi connectivity index (χ1n) is 7.24. The average Bonchev–Trinajstić information content (AvgIpc) is 2.45. The van der Waals surface area contributed by atoms with Crippen LogP contribution in [0.3, 0.4) is 0 Å². The largest absolute Gasteiger partial charge is 0.493 e. The summed E-state index contributed by atoms with van der Waals surface area (Å²) in [5.41, 5.74) is 0.0973. The van der Waals surface area contributed by atoms with Gasteiger partial charge in [-0.25, -0.2) is 4.79 Å². The molecule has 0 saturated heterocycles. The highest BCUT2D eigenvalue weighted by molar-refractivity contribution is 5.84. The standard InChI is InChI=1S/C16H23NO3/c1-4-19-15(18)16(17-11-12(2)3)9-10-20-14-8-6-5-7-13(14)16/h5-8,12,17H,4,9-11H2,1-3H3. The molecule has 1 atom stereocenters. The Bertz CT molecular complexity index is 473. The van der Waals surface area contributed by atoms with E-state index in [9.17, 15) is 4.79 Å². The summed E-state index contributed by atoms with van der Waals surface area (Å²) >= 11 is 0. The van der Waals surface area contributed by atoms with Crippen LogP contribution in [0, 0.1) is 5.92 Å². The molecule has 4 heteroatoms. The van der Waals surface area contributed by atoms with E-state index < -0.39 is 5.54 Å². The molecule has 0 radical (unpaired) electrons. The fraction of sp³-hybridized carbons (Fsp3) is 0.562. The Balaban J connectivity index is 2.39. The first-order chi connectivity index (χ1) is 9.60. The van der Waals surface area contributed by atoms with Crippen molar-refractivity contribution in [3.05, 3.63) is 29.8 Å². The van der Waals surface area contributed by atoms with Gasteiger partial charge in [0.25, 0.3) is 0 Å². The van der Waals surface area contributed by atoms with Crippen molar-refractivity contribution < 1.29 is 14.3 Å². The van der Waals surface area contributed by atoms with Crippen molar-refractivity contribution in [2.24, 2.45) is 5.92 Å². The van der Waals surface area contributed by atoms with Crippen LogP contribution in [0.15, 0.2) is 24.3 Å². The van der Waals surface area contributed by atoms with E-state index in [1.54, 1.807) is 0 Å². The topological polar surface area (TPSA) is 47.6 Å². The van der Waals surface area contributed by atoms with Gasteiger partial charge in [-0.15, -0.1) is 0 Å². The molecule has 0 amide bonds. The van der Waals surface area contributed by atoms with Crippen molar-refractivity contribution in [1.82, 2.24) is 5.32 Å². The van der Waals surface area contributed by atoms with Gasteiger partial charge >= 0.3 is 5.97 Å². The minimum absolute atomic E-state index is 0.212. The highest BCUT2D eigenvalue weighted by atomic mass is 16.5. The smallest absolute Gasteiger partial charge is 0.331 e. The Morgan fingerprint density at radius 1 is 1.45 bits per heavy atom. The zero-order chi connectivity index (χ0) is 14.6. The molecule has 1 aromatic rings. The molecule has 20 heavy (non-hydrogen) atoms. The SMILES string of the molecule is CCOC(=O)C1(NCC(C)C)CCOc2ccccc21. The number of para-hydroxylation sites is 1. The molecule has 1 N–H and O–H groups in total. The number of hydrogen-bond acceptors (Lipinski definition) is 4. The number of ether oxygens (including phenoxy) is 2. The zero-order valence-corrected chi connectivity index (χ0v) is 12.4. The maximum absolute atomic E-state index is 12.6. The lowest BCUT2D eigenvalue weighted by molar-refractivity contribution is -0.153. The van der Waals surface area contributed by atoms with Gasteiger partial charge in [-0.1, -0.05) is 32.0 Å². The molecule has 2 rings (SSSR count). The van der Waals surface area contributed by atoms with Crippen molar-refractivity contribution in [3.63, 3.8) is 0 Å². The summed E-state index contributed by atoms with van der Waals surface area (Å²) in [7, 11) is 0. The van der Waals surface area contributed by atoms with E-state index >= 15 is 0 Å². The normalized spacial score (nSPS) is 21.2. The Morgan fingerprint density at radius 3 is 2.90 bits per heavy atom. The van der Waals surface area contributed by atoms with Gasteiger partial charge in [0.05, 0.1) is 13.2 Å². The molecule has 1 heterocycles. The summed E-state index contributed by atoms with van der Waals surface area (Å²) in [6, 6.07) is 7.69. The van der Waals surface area contributed by atoms with Gasteiger partial charge < -0.3 is 9.47 Å². The van der Waals surface area contributed by atoms with Crippen LogP contribution in [0.4, 0.5) is 0 Å². The molecule has 0 saturated carbocycles. The van der Waals surface area contributed by atoms with E-state index in [1.165, 1.54) is 0 Å². The van der Waals surface area contributed by atoms with E-state index in [1.807, 2.05) is 31.2 Å². The van der Waals surface area contributed by atoms with Gasteiger partial charge in [0.2, 0.25) is 0 Å². The van der Waals surface area contributed by atoms with E-state index in [0.29, 0.717) is 25.6 Å². The maximum atomic E-state index is 12.6. The van der Waals surface area contributed by atoms with Crippen molar-refractivity contribution in [2.45, 2.75) is 32.7 Å². The van der Waals surface area contributed by atoms with Crippen LogP contribution >= 0.6 is 0 Å². The molecule has 0 aliphatic carbocycles. The minimum atomic E-state index is -0.783. The lowest BCUT2D eigenvalue weighted by atomic mass is 9.84. The molecule has 0 spiro atoms. The molecule has 4 nitrogen and oxygen atoms in total. The number of nitrogens with one attached hydrogen (secondary N) is 1. The van der Waals surface area contributed by atoms with Crippen LogP contribution in [0.5, 0.6) is 5.75 Å². The Morgan fingerprint density at radius 2 is 2.20 bits per heavy atom. The molecule has 1 aromatic carbocycles. The molecule has 1 unspecified atom stereocenters. The number of hydrogen-bond donors (Lipinski definition) is 1. The van der Waals surface area contributed by atoms with Crippen molar-refractivity contribution in [3.8, 4) is 5.75 Å². The summed E-state index contributed by atoms with van der Waals surface area (Å²) in [6.45, 7) is 7.73. The predicted octanol–water partition coefficient (Wildman–Crippen LogP) is 2.47. The second-order valence-electron chi connectivity index (χ2n) is 5.50. The van der Waals surface area contributed by atoms with Crippen molar-refractivity contribution in [2.75, 3.05) is 19.8 Å². The summed E-state index contributed by atoms with van der Waals surface area (Å²) in [5, 5.41) is 3.42. The van der Waals surface area contributed by atoms with Gasteiger partial charge in [0.1, 0.15) is 11.3 Å². The molecule has 1 aliphatic heterocycles. The number of benzene rings is 1. The fourth-order valence-electron chi connectivity index (χ4n) is 2.49. The quantitative estimate of drug-likeness (QED) is 0.840. The molecule has 0 fully saturated rings. The zero-order valence-electron chi connectivity index (χ0n) is 12.4. The average molecular weight is 277 g/mol. The predicted molar refractivity (Wildman–Crippen MR) is 77.7 cm³/mol. The fourth-order valence-corrected chi connectivity index (χ4v) is 2.49. The second-order valence-corrected chi connectivity index (χ2v) is 5.50. The third-order valence-corrected chi connectivity index (χ3v) is 3.52. The van der Waals surface area contributed by atoms with Crippen LogP contribution in [0.1, 0.15) is 32.8 Å². The summed E-state index contributed by atoms with van der Waals surface area (Å²) in [6.07, 6.45) is 0.593. The van der Waals surface area contributed by atoms with Gasteiger partial charge in [0, 0.05) is 12.0 Å². The first-order valence-corrected chi connectivity index (χ1v) is 7.24. The highest BCUT2D eigenvalue weighted by Gasteiger charge is 2.45. The molecule has 1 aliphatic rings. The van der Waals surface area contributed by atoms with Crippen LogP contribution in [-0.4, -0.2) is 25.7 Å². The van der Waals surface area contributed by atoms with Crippen LogP contribution in [0.25, 0.3) is 0 Å². The van der Waals surface area contributed by atoms with E-state index in [-0.39, 0.29) is 5.97 Å². The van der Waals surface area contributed by atoms with Crippen LogP contribution in [-0.2, 0) is 15.1 Å². The number of fused-ring (bicyclic) bond motifs is 1. The maximum Gasteiger partial charge on any atom is 0.331 e. The second kappa shape index (κ2) is 6.27. The van der Waals surface area contributed by atoms with Gasteiger partial charge in [-0.2, -0.15) is 0 Å². The number of esters is 1. The third-order valence-electron chi connectivity index (χ3n) is 3.52. The van der Waals surface area contributed by atoms with E-state index in [4.69, 9.17) is 9.47 Å². The molecule has 0 bridgehead atoms. The summed E-state index contributed by atoms with van der Waals surface area (Å²) < 4.78 is 11.0. The van der Waals surface area contributed by atoms with Gasteiger partial charge in [0.15, 0.2) is 0 Å². The van der Waals surface area contributed by atoms with Gasteiger partial charge in [-0.05, 0) is 25.5 Å². The number of rotatable bonds is 5. The monoisotopic (exact) mass is 277 g/mol. The Hall–Kier alpha value is -1.55. The van der Waals surface area contributed by atoms with Gasteiger partial charge in [-0.3, -0.25) is 5.32 Å².